The number of thioether (sulfide) groups is 1. The fourth-order valence-corrected chi connectivity index (χ4v) is 3.86. The Kier molecular flexibility index (Phi) is 4.61. The molecule has 0 aliphatic heterocycles. The van der Waals surface area contributed by atoms with Gasteiger partial charge in [-0.3, -0.25) is 4.79 Å². The molecule has 0 atom stereocenters. The molecule has 0 unspecified atom stereocenters. The Morgan fingerprint density at radius 3 is 2.95 bits per heavy atom. The number of nitrogens with one attached hydrogen (secondary N) is 1. The largest absolute Gasteiger partial charge is 0.323 e. The third kappa shape index (κ3) is 3.58. The van der Waals surface area contributed by atoms with Crippen molar-refractivity contribution in [1.29, 1.82) is 0 Å². The summed E-state index contributed by atoms with van der Waals surface area (Å²) in [4.78, 5) is 16.3. The number of amides is 1. The van der Waals surface area contributed by atoms with Crippen LogP contribution in [0.4, 0.5) is 10.1 Å². The first kappa shape index (κ1) is 15.3. The van der Waals surface area contributed by atoms with E-state index in [-0.39, 0.29) is 17.3 Å². The molecule has 0 aliphatic rings. The minimum atomic E-state index is -0.511. The standard InChI is InChI=1S/C15H10ClFN2OS2/c16-9-5-6-10(17)12(7-9)18-14(20)8-21-15-19-11-3-1-2-4-13(11)22-15/h1-7H,8H2,(H,18,20). The third-order valence-electron chi connectivity index (χ3n) is 2.80. The van der Waals surface area contributed by atoms with Gasteiger partial charge in [0.1, 0.15) is 5.82 Å². The van der Waals surface area contributed by atoms with Gasteiger partial charge in [-0.1, -0.05) is 35.5 Å². The van der Waals surface area contributed by atoms with Crippen molar-refractivity contribution in [3.63, 3.8) is 0 Å². The zero-order chi connectivity index (χ0) is 15.5. The highest BCUT2D eigenvalue weighted by molar-refractivity contribution is 8.01. The van der Waals surface area contributed by atoms with Gasteiger partial charge in [0.05, 0.1) is 21.7 Å². The van der Waals surface area contributed by atoms with Crippen molar-refractivity contribution in [1.82, 2.24) is 4.98 Å². The van der Waals surface area contributed by atoms with Crippen molar-refractivity contribution >= 4 is 56.5 Å². The van der Waals surface area contributed by atoms with E-state index in [0.29, 0.717) is 5.02 Å². The maximum atomic E-state index is 13.5. The predicted molar refractivity (Wildman–Crippen MR) is 90.4 cm³/mol. The number of hydrogen-bond donors (Lipinski definition) is 1. The number of carbonyl (C=O) groups is 1. The molecule has 0 bridgehead atoms. The molecule has 7 heteroatoms. The van der Waals surface area contributed by atoms with Crippen LogP contribution in [0.2, 0.25) is 5.02 Å². The molecule has 1 amide bonds. The van der Waals surface area contributed by atoms with Crippen molar-refractivity contribution in [2.75, 3.05) is 11.1 Å². The molecule has 0 radical (unpaired) electrons. The van der Waals surface area contributed by atoms with Crippen LogP contribution < -0.4 is 5.32 Å². The predicted octanol–water partition coefficient (Wildman–Crippen LogP) is 4.82. The molecule has 2 aromatic carbocycles. The molecule has 112 valence electrons. The van der Waals surface area contributed by atoms with E-state index >= 15 is 0 Å². The first-order valence-corrected chi connectivity index (χ1v) is 8.53. The topological polar surface area (TPSA) is 42.0 Å². The number of nitrogens with zero attached hydrogens (tertiary/aromatic N) is 1. The molecular formula is C15H10ClFN2OS2. The van der Waals surface area contributed by atoms with Crippen LogP contribution in [-0.2, 0) is 4.79 Å². The summed E-state index contributed by atoms with van der Waals surface area (Å²) in [7, 11) is 0. The van der Waals surface area contributed by atoms with E-state index in [1.54, 1.807) is 0 Å². The van der Waals surface area contributed by atoms with Crippen LogP contribution in [0, 0.1) is 5.82 Å². The van der Waals surface area contributed by atoms with Gasteiger partial charge in [0.2, 0.25) is 5.91 Å². The van der Waals surface area contributed by atoms with E-state index in [0.717, 1.165) is 14.6 Å². The lowest BCUT2D eigenvalue weighted by Gasteiger charge is -2.05. The summed E-state index contributed by atoms with van der Waals surface area (Å²) < 4.78 is 15.4. The smallest absolute Gasteiger partial charge is 0.234 e. The average molecular weight is 353 g/mol. The van der Waals surface area contributed by atoms with Crippen LogP contribution in [0.3, 0.4) is 0 Å². The van der Waals surface area contributed by atoms with Gasteiger partial charge in [-0.15, -0.1) is 11.3 Å². The molecular weight excluding hydrogens is 343 g/mol. The molecule has 0 aliphatic carbocycles. The molecule has 3 rings (SSSR count). The molecule has 3 nitrogen and oxygen atoms in total. The molecule has 0 fully saturated rings. The fourth-order valence-electron chi connectivity index (χ4n) is 1.82. The summed E-state index contributed by atoms with van der Waals surface area (Å²) >= 11 is 8.64. The summed E-state index contributed by atoms with van der Waals surface area (Å²) in [5.41, 5.74) is 0.999. The number of fused-ring (bicyclic) bond motifs is 1. The summed E-state index contributed by atoms with van der Waals surface area (Å²) in [6.07, 6.45) is 0. The van der Waals surface area contributed by atoms with Gasteiger partial charge < -0.3 is 5.32 Å². The van der Waals surface area contributed by atoms with Crippen molar-refractivity contribution < 1.29 is 9.18 Å². The van der Waals surface area contributed by atoms with Gasteiger partial charge in [-0.2, -0.15) is 0 Å². The number of halogens is 2. The fraction of sp³-hybridized carbons (Fsp3) is 0.0667. The number of aromatic nitrogens is 1. The lowest BCUT2D eigenvalue weighted by Crippen LogP contribution is -2.15. The Balaban J connectivity index is 1.63. The van der Waals surface area contributed by atoms with Gasteiger partial charge in [0, 0.05) is 5.02 Å². The highest BCUT2D eigenvalue weighted by Gasteiger charge is 2.10. The van der Waals surface area contributed by atoms with E-state index in [1.165, 1.54) is 41.3 Å². The molecule has 1 aromatic heterocycles. The summed E-state index contributed by atoms with van der Waals surface area (Å²) in [6.45, 7) is 0. The number of hydrogen-bond acceptors (Lipinski definition) is 4. The molecule has 1 N–H and O–H groups in total. The normalized spacial score (nSPS) is 10.8. The molecule has 22 heavy (non-hydrogen) atoms. The summed E-state index contributed by atoms with van der Waals surface area (Å²) in [5, 5.41) is 2.88. The van der Waals surface area contributed by atoms with Gasteiger partial charge in [-0.25, -0.2) is 9.37 Å². The molecule has 1 heterocycles. The summed E-state index contributed by atoms with van der Waals surface area (Å²) in [5.74, 6) is -0.653. The third-order valence-corrected chi connectivity index (χ3v) is 5.22. The lowest BCUT2D eigenvalue weighted by atomic mass is 10.3. The van der Waals surface area contributed by atoms with E-state index in [9.17, 15) is 9.18 Å². The van der Waals surface area contributed by atoms with Crippen LogP contribution in [-0.4, -0.2) is 16.6 Å². The highest BCUT2D eigenvalue weighted by Crippen LogP contribution is 2.29. The maximum absolute atomic E-state index is 13.5. The maximum Gasteiger partial charge on any atom is 0.234 e. The van der Waals surface area contributed by atoms with Crippen molar-refractivity contribution in [2.45, 2.75) is 4.34 Å². The highest BCUT2D eigenvalue weighted by atomic mass is 35.5. The van der Waals surface area contributed by atoms with Crippen molar-refractivity contribution in [2.24, 2.45) is 0 Å². The molecule has 0 saturated heterocycles. The number of carbonyl (C=O) groups excluding carboxylic acids is 1. The Labute approximate surface area is 139 Å². The van der Waals surface area contributed by atoms with Crippen molar-refractivity contribution in [3.05, 3.63) is 53.3 Å². The number of anilines is 1. The Morgan fingerprint density at radius 2 is 2.14 bits per heavy atom. The quantitative estimate of drug-likeness (QED) is 0.684. The van der Waals surface area contributed by atoms with E-state index in [2.05, 4.69) is 10.3 Å². The monoisotopic (exact) mass is 352 g/mol. The molecule has 3 aromatic rings. The number of rotatable bonds is 4. The molecule has 0 spiro atoms. The van der Waals surface area contributed by atoms with Gasteiger partial charge in [0.15, 0.2) is 4.34 Å². The Hall–Kier alpha value is -1.63. The first-order chi connectivity index (χ1) is 10.6. The van der Waals surface area contributed by atoms with Crippen LogP contribution in [0.5, 0.6) is 0 Å². The SMILES string of the molecule is O=C(CSc1nc2ccccc2s1)Nc1cc(Cl)ccc1F. The number of benzene rings is 2. The molecule has 0 saturated carbocycles. The van der Waals surface area contributed by atoms with E-state index < -0.39 is 5.82 Å². The van der Waals surface area contributed by atoms with Crippen LogP contribution in [0.25, 0.3) is 10.2 Å². The van der Waals surface area contributed by atoms with Crippen LogP contribution >= 0.6 is 34.7 Å². The number of para-hydroxylation sites is 1. The lowest BCUT2D eigenvalue weighted by molar-refractivity contribution is -0.113. The van der Waals surface area contributed by atoms with Crippen LogP contribution in [0.15, 0.2) is 46.8 Å². The van der Waals surface area contributed by atoms with E-state index in [4.69, 9.17) is 11.6 Å². The number of thiazole rings is 1. The Morgan fingerprint density at radius 1 is 1.32 bits per heavy atom. The second-order valence-corrected chi connectivity index (χ2v) is 7.10. The Bertz CT molecular complexity index is 804. The zero-order valence-corrected chi connectivity index (χ0v) is 13.6. The van der Waals surface area contributed by atoms with Crippen LogP contribution in [0.1, 0.15) is 0 Å². The minimum Gasteiger partial charge on any atom is -0.323 e. The second kappa shape index (κ2) is 6.64. The second-order valence-electron chi connectivity index (χ2n) is 4.41. The van der Waals surface area contributed by atoms with Gasteiger partial charge in [0.25, 0.3) is 0 Å². The average Bonchev–Trinajstić information content (AvgIpc) is 2.92. The van der Waals surface area contributed by atoms with Crippen molar-refractivity contribution in [3.8, 4) is 0 Å². The zero-order valence-electron chi connectivity index (χ0n) is 11.2. The minimum absolute atomic E-state index is 0.0856. The van der Waals surface area contributed by atoms with E-state index in [1.807, 2.05) is 24.3 Å². The van der Waals surface area contributed by atoms with Gasteiger partial charge in [-0.05, 0) is 30.3 Å². The first-order valence-electron chi connectivity index (χ1n) is 6.35. The summed E-state index contributed by atoms with van der Waals surface area (Å²) in [6, 6.07) is 11.8. The van der Waals surface area contributed by atoms with Gasteiger partial charge >= 0.3 is 0 Å².